The van der Waals surface area contributed by atoms with E-state index in [-0.39, 0.29) is 0 Å². The van der Waals surface area contributed by atoms with Crippen molar-refractivity contribution in [1.82, 2.24) is 10.2 Å². The molecule has 90 valence electrons. The Hall–Kier alpha value is -0.220. The monoisotopic (exact) mass is 240 g/mol. The largest absolute Gasteiger partial charge is 0.335 e. The van der Waals surface area contributed by atoms with Crippen LogP contribution in [0.5, 0.6) is 0 Å². The van der Waals surface area contributed by atoms with E-state index in [0.717, 1.165) is 25.3 Å². The molecular weight excluding hydrogens is 220 g/mol. The Morgan fingerprint density at radius 2 is 2.31 bits per heavy atom. The maximum absolute atomic E-state index is 12.5. The molecule has 0 aromatic carbocycles. The number of amides is 1. The molecular formula is C12H20N2OS. The van der Waals surface area contributed by atoms with Crippen molar-refractivity contribution in [2.75, 3.05) is 24.6 Å². The van der Waals surface area contributed by atoms with Crippen LogP contribution in [0.1, 0.15) is 19.8 Å². The molecule has 0 aromatic rings. The summed E-state index contributed by atoms with van der Waals surface area (Å²) in [6.45, 7) is 4.34. The summed E-state index contributed by atoms with van der Waals surface area (Å²) in [7, 11) is 0. The van der Waals surface area contributed by atoms with Crippen LogP contribution in [0.3, 0.4) is 0 Å². The lowest BCUT2D eigenvalue weighted by Gasteiger charge is -2.30. The van der Waals surface area contributed by atoms with Gasteiger partial charge in [0.15, 0.2) is 0 Å². The summed E-state index contributed by atoms with van der Waals surface area (Å²) in [6, 6.07) is 0.961. The molecule has 3 nitrogen and oxygen atoms in total. The van der Waals surface area contributed by atoms with Crippen molar-refractivity contribution < 1.29 is 4.79 Å². The van der Waals surface area contributed by atoms with Gasteiger partial charge in [-0.2, -0.15) is 11.8 Å². The topological polar surface area (TPSA) is 32.3 Å². The number of nitrogens with one attached hydrogen (secondary N) is 1. The quantitative estimate of drug-likeness (QED) is 0.740. The minimum atomic E-state index is 0.312. The van der Waals surface area contributed by atoms with Crippen LogP contribution in [0.15, 0.2) is 0 Å². The molecule has 3 saturated heterocycles. The first-order valence-electron chi connectivity index (χ1n) is 6.38. The summed E-state index contributed by atoms with van der Waals surface area (Å²) in [5.41, 5.74) is 0. The lowest BCUT2D eigenvalue weighted by molar-refractivity contribution is -0.137. The second kappa shape index (κ2) is 4.22. The van der Waals surface area contributed by atoms with Gasteiger partial charge in [-0.05, 0) is 31.4 Å². The molecule has 4 heteroatoms. The van der Waals surface area contributed by atoms with Crippen LogP contribution >= 0.6 is 11.8 Å². The third kappa shape index (κ3) is 1.66. The van der Waals surface area contributed by atoms with E-state index in [1.807, 2.05) is 11.8 Å². The van der Waals surface area contributed by atoms with Gasteiger partial charge in [0, 0.05) is 36.8 Å². The Balaban J connectivity index is 1.74. The average molecular weight is 240 g/mol. The van der Waals surface area contributed by atoms with Gasteiger partial charge in [-0.3, -0.25) is 4.79 Å². The van der Waals surface area contributed by atoms with E-state index in [9.17, 15) is 4.79 Å². The molecule has 0 radical (unpaired) electrons. The highest BCUT2D eigenvalue weighted by Gasteiger charge is 2.45. The van der Waals surface area contributed by atoms with E-state index in [4.69, 9.17) is 0 Å². The highest BCUT2D eigenvalue weighted by atomic mass is 32.2. The molecule has 3 heterocycles. The zero-order chi connectivity index (χ0) is 11.1. The van der Waals surface area contributed by atoms with Crippen LogP contribution in [0.25, 0.3) is 0 Å². The number of hydrogen-bond acceptors (Lipinski definition) is 3. The first-order valence-corrected chi connectivity index (χ1v) is 7.53. The van der Waals surface area contributed by atoms with Gasteiger partial charge in [-0.1, -0.05) is 0 Å². The molecule has 4 unspecified atom stereocenters. The van der Waals surface area contributed by atoms with Crippen LogP contribution in [0, 0.1) is 11.8 Å². The standard InChI is InChI=1S/C12H20N2OS/c1-8-4-10-5-13-6-11(10)14(8)12(15)9-2-3-16-7-9/h8-11,13H,2-7H2,1H3. The van der Waals surface area contributed by atoms with Crippen molar-refractivity contribution in [2.45, 2.75) is 31.8 Å². The van der Waals surface area contributed by atoms with Crippen LogP contribution in [0.2, 0.25) is 0 Å². The number of carbonyl (C=O) groups excluding carboxylic acids is 1. The van der Waals surface area contributed by atoms with Gasteiger partial charge in [0.25, 0.3) is 0 Å². The first-order chi connectivity index (χ1) is 7.77. The fraction of sp³-hybridized carbons (Fsp3) is 0.917. The van der Waals surface area contributed by atoms with Gasteiger partial charge in [0.1, 0.15) is 0 Å². The van der Waals surface area contributed by atoms with E-state index in [2.05, 4.69) is 17.1 Å². The molecule has 1 N–H and O–H groups in total. The number of likely N-dealkylation sites (tertiary alicyclic amines) is 1. The minimum absolute atomic E-state index is 0.312. The fourth-order valence-electron chi connectivity index (χ4n) is 3.48. The summed E-state index contributed by atoms with van der Waals surface area (Å²) < 4.78 is 0. The highest BCUT2D eigenvalue weighted by molar-refractivity contribution is 7.99. The van der Waals surface area contributed by atoms with Crippen molar-refractivity contribution in [3.63, 3.8) is 0 Å². The van der Waals surface area contributed by atoms with Gasteiger partial charge in [0.05, 0.1) is 0 Å². The van der Waals surface area contributed by atoms with Crippen LogP contribution in [-0.4, -0.2) is 47.5 Å². The molecule has 3 fully saturated rings. The molecule has 4 atom stereocenters. The summed E-state index contributed by atoms with van der Waals surface area (Å²) >= 11 is 1.93. The molecule has 16 heavy (non-hydrogen) atoms. The normalized spacial score (nSPS) is 42.7. The molecule has 3 rings (SSSR count). The predicted octanol–water partition coefficient (Wildman–Crippen LogP) is 0.948. The van der Waals surface area contributed by atoms with Gasteiger partial charge in [-0.25, -0.2) is 0 Å². The number of rotatable bonds is 1. The third-order valence-corrected chi connectivity index (χ3v) is 5.48. The van der Waals surface area contributed by atoms with Crippen molar-refractivity contribution in [3.8, 4) is 0 Å². The third-order valence-electron chi connectivity index (χ3n) is 4.31. The van der Waals surface area contributed by atoms with Gasteiger partial charge in [0.2, 0.25) is 5.91 Å². The lowest BCUT2D eigenvalue weighted by atomic mass is 10.0. The number of fused-ring (bicyclic) bond motifs is 1. The smallest absolute Gasteiger partial charge is 0.227 e. The fourth-order valence-corrected chi connectivity index (χ4v) is 4.70. The van der Waals surface area contributed by atoms with E-state index in [1.165, 1.54) is 12.2 Å². The summed E-state index contributed by atoms with van der Waals surface area (Å²) in [5, 5.41) is 3.42. The molecule has 0 bridgehead atoms. The molecule has 0 aromatic heterocycles. The van der Waals surface area contributed by atoms with Crippen LogP contribution < -0.4 is 5.32 Å². The maximum Gasteiger partial charge on any atom is 0.227 e. The van der Waals surface area contributed by atoms with Gasteiger partial charge < -0.3 is 10.2 Å². The van der Waals surface area contributed by atoms with Crippen molar-refractivity contribution >= 4 is 17.7 Å². The first kappa shape index (κ1) is 10.9. The Morgan fingerprint density at radius 1 is 1.44 bits per heavy atom. The number of hydrogen-bond donors (Lipinski definition) is 1. The summed E-state index contributed by atoms with van der Waals surface area (Å²) in [5.74, 6) is 3.69. The van der Waals surface area contributed by atoms with Crippen molar-refractivity contribution in [2.24, 2.45) is 11.8 Å². The van der Waals surface area contributed by atoms with Crippen LogP contribution in [-0.2, 0) is 4.79 Å². The molecule has 3 aliphatic rings. The summed E-state index contributed by atoms with van der Waals surface area (Å²) in [4.78, 5) is 14.7. The lowest BCUT2D eigenvalue weighted by Crippen LogP contribution is -2.45. The van der Waals surface area contributed by atoms with E-state index in [0.29, 0.717) is 29.8 Å². The molecule has 0 saturated carbocycles. The predicted molar refractivity (Wildman–Crippen MR) is 66.5 cm³/mol. The van der Waals surface area contributed by atoms with Crippen molar-refractivity contribution in [1.29, 1.82) is 0 Å². The highest BCUT2D eigenvalue weighted by Crippen LogP contribution is 2.35. The Morgan fingerprint density at radius 3 is 3.06 bits per heavy atom. The Kier molecular flexibility index (Phi) is 2.88. The zero-order valence-corrected chi connectivity index (χ0v) is 10.6. The van der Waals surface area contributed by atoms with E-state index in [1.54, 1.807) is 0 Å². The molecule has 0 spiro atoms. The second-order valence-corrected chi connectivity index (χ2v) is 6.53. The summed E-state index contributed by atoms with van der Waals surface area (Å²) in [6.07, 6.45) is 2.29. The zero-order valence-electron chi connectivity index (χ0n) is 9.82. The number of thioether (sulfide) groups is 1. The Labute approximate surface area is 101 Å². The molecule has 1 amide bonds. The van der Waals surface area contributed by atoms with Crippen LogP contribution in [0.4, 0.5) is 0 Å². The average Bonchev–Trinajstić information content (AvgIpc) is 2.89. The van der Waals surface area contributed by atoms with E-state index < -0.39 is 0 Å². The minimum Gasteiger partial charge on any atom is -0.335 e. The number of nitrogens with zero attached hydrogens (tertiary/aromatic N) is 1. The van der Waals surface area contributed by atoms with E-state index >= 15 is 0 Å². The Bertz CT molecular complexity index is 291. The maximum atomic E-state index is 12.5. The van der Waals surface area contributed by atoms with Crippen molar-refractivity contribution in [3.05, 3.63) is 0 Å². The number of carbonyl (C=O) groups is 1. The molecule has 0 aliphatic carbocycles. The SMILES string of the molecule is CC1CC2CNCC2N1C(=O)C1CCSC1. The van der Waals surface area contributed by atoms with Gasteiger partial charge >= 0.3 is 0 Å². The second-order valence-electron chi connectivity index (χ2n) is 5.38. The van der Waals surface area contributed by atoms with Gasteiger partial charge in [-0.15, -0.1) is 0 Å². The molecule has 3 aliphatic heterocycles.